The summed E-state index contributed by atoms with van der Waals surface area (Å²) in [6, 6.07) is 7.59. The molecule has 1 aromatic heterocycles. The molecule has 0 aliphatic heterocycles. The van der Waals surface area contributed by atoms with Gasteiger partial charge in [-0.3, -0.25) is 4.79 Å². The number of nitrogens with zero attached hydrogens (tertiary/aromatic N) is 2. The van der Waals surface area contributed by atoms with Gasteiger partial charge in [-0.1, -0.05) is 25.1 Å². The molecular formula is C18H25N5O3. The van der Waals surface area contributed by atoms with Crippen LogP contribution in [-0.2, 0) is 17.6 Å². The van der Waals surface area contributed by atoms with Gasteiger partial charge in [0.15, 0.2) is 11.6 Å². The molecule has 0 radical (unpaired) electrons. The Morgan fingerprint density at radius 2 is 1.85 bits per heavy atom. The second-order valence-corrected chi connectivity index (χ2v) is 5.72. The van der Waals surface area contributed by atoms with Gasteiger partial charge in [-0.2, -0.15) is 4.98 Å². The van der Waals surface area contributed by atoms with Gasteiger partial charge in [0.2, 0.25) is 11.9 Å². The highest BCUT2D eigenvalue weighted by Crippen LogP contribution is 2.25. The Balaban J connectivity index is 1.84. The van der Waals surface area contributed by atoms with Crippen LogP contribution in [0.4, 0.5) is 11.8 Å². The van der Waals surface area contributed by atoms with Crippen LogP contribution in [0.5, 0.6) is 11.5 Å². The normalized spacial score (nSPS) is 10.5. The minimum atomic E-state index is -0.330. The Hall–Kier alpha value is -3.03. The first-order valence-electron chi connectivity index (χ1n) is 8.55. The van der Waals surface area contributed by atoms with Crippen molar-refractivity contribution in [2.24, 2.45) is 5.73 Å². The molecule has 0 bridgehead atoms. The fourth-order valence-electron chi connectivity index (χ4n) is 2.46. The minimum Gasteiger partial charge on any atom is -0.493 e. The Labute approximate surface area is 152 Å². The Morgan fingerprint density at radius 3 is 2.58 bits per heavy atom. The number of para-hydroxylation sites is 1. The van der Waals surface area contributed by atoms with E-state index in [2.05, 4.69) is 9.97 Å². The van der Waals surface area contributed by atoms with E-state index in [9.17, 15) is 4.79 Å². The highest BCUT2D eigenvalue weighted by atomic mass is 16.5. The van der Waals surface area contributed by atoms with Crippen LogP contribution in [-0.4, -0.2) is 29.1 Å². The number of anilines is 2. The second-order valence-electron chi connectivity index (χ2n) is 5.72. The van der Waals surface area contributed by atoms with Crippen LogP contribution in [0.2, 0.25) is 0 Å². The molecule has 6 N–H and O–H groups in total. The van der Waals surface area contributed by atoms with Crippen molar-refractivity contribution < 1.29 is 14.3 Å². The van der Waals surface area contributed by atoms with E-state index in [-0.39, 0.29) is 17.7 Å². The van der Waals surface area contributed by atoms with Crippen molar-refractivity contribution in [3.8, 4) is 11.5 Å². The molecule has 0 fully saturated rings. The SMILES string of the molecule is CCc1nc(N)nc(N)c1OCCCOc1ccccc1CCC(N)=O. The lowest BCUT2D eigenvalue weighted by Gasteiger charge is -2.13. The molecule has 8 heteroatoms. The molecule has 2 rings (SSSR count). The first-order chi connectivity index (χ1) is 12.5. The standard InChI is InChI=1S/C18H25N5O3/c1-2-13-16(17(20)23-18(21)22-13)26-11-5-10-25-14-7-4-3-6-12(14)8-9-15(19)24/h3-4,6-7H,2,5,8-11H2,1H3,(H2,19,24)(H4,20,21,22,23). The molecule has 0 aliphatic rings. The van der Waals surface area contributed by atoms with E-state index in [4.69, 9.17) is 26.7 Å². The third-order valence-electron chi connectivity index (χ3n) is 3.72. The fourth-order valence-corrected chi connectivity index (χ4v) is 2.46. The predicted octanol–water partition coefficient (Wildman–Crippen LogP) is 1.47. The maximum absolute atomic E-state index is 11.0. The average Bonchev–Trinajstić information content (AvgIpc) is 2.61. The zero-order chi connectivity index (χ0) is 18.9. The average molecular weight is 359 g/mol. The third-order valence-corrected chi connectivity index (χ3v) is 3.72. The number of nitrogen functional groups attached to an aromatic ring is 2. The van der Waals surface area contributed by atoms with Crippen LogP contribution in [0.15, 0.2) is 24.3 Å². The molecule has 0 saturated heterocycles. The maximum Gasteiger partial charge on any atom is 0.222 e. The van der Waals surface area contributed by atoms with E-state index in [0.29, 0.717) is 50.3 Å². The molecule has 1 heterocycles. The quantitative estimate of drug-likeness (QED) is 0.546. The number of amides is 1. The van der Waals surface area contributed by atoms with Gasteiger partial charge in [0, 0.05) is 12.8 Å². The van der Waals surface area contributed by atoms with Crippen LogP contribution < -0.4 is 26.7 Å². The first kappa shape index (κ1) is 19.3. The Morgan fingerprint density at radius 1 is 1.12 bits per heavy atom. The molecule has 0 unspecified atom stereocenters. The van der Waals surface area contributed by atoms with Crippen molar-refractivity contribution in [1.29, 1.82) is 0 Å². The third kappa shape index (κ3) is 5.51. The highest BCUT2D eigenvalue weighted by molar-refractivity contribution is 5.74. The molecule has 0 atom stereocenters. The highest BCUT2D eigenvalue weighted by Gasteiger charge is 2.11. The topological polar surface area (TPSA) is 139 Å². The molecule has 1 amide bonds. The van der Waals surface area contributed by atoms with Gasteiger partial charge in [0.25, 0.3) is 0 Å². The van der Waals surface area contributed by atoms with Gasteiger partial charge in [-0.05, 0) is 24.5 Å². The Bertz CT molecular complexity index is 752. The largest absolute Gasteiger partial charge is 0.493 e. The van der Waals surface area contributed by atoms with E-state index in [1.54, 1.807) is 0 Å². The summed E-state index contributed by atoms with van der Waals surface area (Å²) in [4.78, 5) is 19.0. The molecular weight excluding hydrogens is 334 g/mol. The van der Waals surface area contributed by atoms with E-state index < -0.39 is 0 Å². The number of carbonyl (C=O) groups is 1. The van der Waals surface area contributed by atoms with Gasteiger partial charge in [0.05, 0.1) is 18.9 Å². The second kappa shape index (κ2) is 9.45. The lowest BCUT2D eigenvalue weighted by molar-refractivity contribution is -0.117. The van der Waals surface area contributed by atoms with Crippen molar-refractivity contribution in [3.63, 3.8) is 0 Å². The minimum absolute atomic E-state index is 0.141. The number of hydrogen-bond acceptors (Lipinski definition) is 7. The van der Waals surface area contributed by atoms with E-state index in [1.165, 1.54) is 0 Å². The van der Waals surface area contributed by atoms with E-state index in [1.807, 2.05) is 31.2 Å². The lowest BCUT2D eigenvalue weighted by Crippen LogP contribution is -2.12. The summed E-state index contributed by atoms with van der Waals surface area (Å²) < 4.78 is 11.5. The number of rotatable bonds is 10. The number of hydrogen-bond donors (Lipinski definition) is 3. The number of benzene rings is 1. The van der Waals surface area contributed by atoms with Crippen molar-refractivity contribution in [2.45, 2.75) is 32.6 Å². The summed E-state index contributed by atoms with van der Waals surface area (Å²) >= 11 is 0. The van der Waals surface area contributed by atoms with Crippen LogP contribution >= 0.6 is 0 Å². The number of carbonyl (C=O) groups excluding carboxylic acids is 1. The molecule has 1 aromatic carbocycles. The molecule has 0 aliphatic carbocycles. The summed E-state index contributed by atoms with van der Waals surface area (Å²) in [5, 5.41) is 0. The van der Waals surface area contributed by atoms with Gasteiger partial charge in [0.1, 0.15) is 5.75 Å². The van der Waals surface area contributed by atoms with E-state index >= 15 is 0 Å². The molecule has 2 aromatic rings. The molecule has 8 nitrogen and oxygen atoms in total. The summed E-state index contributed by atoms with van der Waals surface area (Å²) in [6.07, 6.45) is 2.15. The van der Waals surface area contributed by atoms with Crippen LogP contribution in [0.1, 0.15) is 31.0 Å². The number of nitrogens with two attached hydrogens (primary N) is 3. The van der Waals surface area contributed by atoms with Crippen LogP contribution in [0.3, 0.4) is 0 Å². The first-order valence-corrected chi connectivity index (χ1v) is 8.55. The number of aromatic nitrogens is 2. The maximum atomic E-state index is 11.0. The zero-order valence-corrected chi connectivity index (χ0v) is 14.9. The van der Waals surface area contributed by atoms with Gasteiger partial charge >= 0.3 is 0 Å². The number of ether oxygens (including phenoxy) is 2. The number of aryl methyl sites for hydroxylation is 2. The number of primary amides is 1. The molecule has 26 heavy (non-hydrogen) atoms. The summed E-state index contributed by atoms with van der Waals surface area (Å²) in [7, 11) is 0. The lowest BCUT2D eigenvalue weighted by atomic mass is 10.1. The van der Waals surface area contributed by atoms with Gasteiger partial charge in [-0.15, -0.1) is 0 Å². The van der Waals surface area contributed by atoms with Gasteiger partial charge < -0.3 is 26.7 Å². The monoisotopic (exact) mass is 359 g/mol. The van der Waals surface area contributed by atoms with Crippen molar-refractivity contribution in [3.05, 3.63) is 35.5 Å². The fraction of sp³-hybridized carbons (Fsp3) is 0.389. The zero-order valence-electron chi connectivity index (χ0n) is 14.9. The van der Waals surface area contributed by atoms with Crippen LogP contribution in [0.25, 0.3) is 0 Å². The smallest absolute Gasteiger partial charge is 0.222 e. The van der Waals surface area contributed by atoms with Crippen molar-refractivity contribution in [1.82, 2.24) is 9.97 Å². The molecule has 140 valence electrons. The predicted molar refractivity (Wildman–Crippen MR) is 99.8 cm³/mol. The van der Waals surface area contributed by atoms with Crippen molar-refractivity contribution >= 4 is 17.7 Å². The summed E-state index contributed by atoms with van der Waals surface area (Å²) in [5.41, 5.74) is 18.3. The summed E-state index contributed by atoms with van der Waals surface area (Å²) in [5.74, 6) is 1.28. The molecule has 0 spiro atoms. The summed E-state index contributed by atoms with van der Waals surface area (Å²) in [6.45, 7) is 2.82. The van der Waals surface area contributed by atoms with E-state index in [0.717, 1.165) is 11.3 Å². The molecule has 0 saturated carbocycles. The Kier molecular flexibility index (Phi) is 7.02. The van der Waals surface area contributed by atoms with Crippen molar-refractivity contribution in [2.75, 3.05) is 24.7 Å². The van der Waals surface area contributed by atoms with Crippen LogP contribution in [0, 0.1) is 0 Å². The van der Waals surface area contributed by atoms with Gasteiger partial charge in [-0.25, -0.2) is 4.98 Å².